The minimum atomic E-state index is -0.00138. The molecule has 0 atom stereocenters. The van der Waals surface area contributed by atoms with Crippen molar-refractivity contribution in [3.05, 3.63) is 65.7 Å². The lowest BCUT2D eigenvalue weighted by molar-refractivity contribution is 0.101. The highest BCUT2D eigenvalue weighted by Gasteiger charge is 2.28. The van der Waals surface area contributed by atoms with E-state index < -0.39 is 0 Å². The highest BCUT2D eigenvalue weighted by atomic mass is 16.5. The molecule has 1 aliphatic carbocycles. The van der Waals surface area contributed by atoms with Gasteiger partial charge in [-0.15, -0.1) is 0 Å². The molecule has 2 aromatic carbocycles. The van der Waals surface area contributed by atoms with Crippen molar-refractivity contribution in [3.63, 3.8) is 0 Å². The molecule has 0 unspecified atom stereocenters. The van der Waals surface area contributed by atoms with Crippen LogP contribution in [0.2, 0.25) is 0 Å². The second-order valence-electron chi connectivity index (χ2n) is 6.49. The van der Waals surface area contributed by atoms with Gasteiger partial charge < -0.3 is 10.5 Å². The van der Waals surface area contributed by atoms with Crippen molar-refractivity contribution in [1.29, 1.82) is 0 Å². The molecule has 110 valence electrons. The summed E-state index contributed by atoms with van der Waals surface area (Å²) in [5.41, 5.74) is 8.41. The molecular weight excluding hydrogens is 258 g/mol. The van der Waals surface area contributed by atoms with Crippen molar-refractivity contribution in [3.8, 4) is 5.75 Å². The lowest BCUT2D eigenvalue weighted by Gasteiger charge is -2.33. The fourth-order valence-corrected chi connectivity index (χ4v) is 2.87. The van der Waals surface area contributed by atoms with Crippen molar-refractivity contribution in [2.45, 2.75) is 44.2 Å². The van der Waals surface area contributed by atoms with Crippen LogP contribution < -0.4 is 10.5 Å². The topological polar surface area (TPSA) is 35.2 Å². The molecular formula is C19H23NO. The molecule has 0 radical (unpaired) electrons. The Morgan fingerprint density at radius 3 is 2.05 bits per heavy atom. The van der Waals surface area contributed by atoms with Gasteiger partial charge in [0.25, 0.3) is 0 Å². The van der Waals surface area contributed by atoms with Gasteiger partial charge in [0.2, 0.25) is 0 Å². The van der Waals surface area contributed by atoms with Crippen LogP contribution in [-0.4, -0.2) is 12.1 Å². The van der Waals surface area contributed by atoms with Gasteiger partial charge in [-0.25, -0.2) is 0 Å². The summed E-state index contributed by atoms with van der Waals surface area (Å²) in [6.07, 6.45) is 2.24. The van der Waals surface area contributed by atoms with E-state index in [2.05, 4.69) is 68.4 Å². The van der Waals surface area contributed by atoms with Crippen LogP contribution in [0, 0.1) is 0 Å². The summed E-state index contributed by atoms with van der Waals surface area (Å²) in [5.74, 6) is 0.944. The summed E-state index contributed by atoms with van der Waals surface area (Å²) < 4.78 is 5.91. The van der Waals surface area contributed by atoms with Gasteiger partial charge in [0.15, 0.2) is 0 Å². The predicted octanol–water partition coefficient (Wildman–Crippen LogP) is 3.88. The van der Waals surface area contributed by atoms with E-state index in [1.807, 2.05) is 0 Å². The van der Waals surface area contributed by atoms with Gasteiger partial charge in [-0.2, -0.15) is 0 Å². The van der Waals surface area contributed by atoms with Gasteiger partial charge in [-0.1, -0.05) is 56.3 Å². The maximum Gasteiger partial charge on any atom is 0.119 e. The van der Waals surface area contributed by atoms with Crippen LogP contribution in [0.5, 0.6) is 5.75 Å². The Bertz CT molecular complexity index is 583. The summed E-state index contributed by atoms with van der Waals surface area (Å²) in [4.78, 5) is 0. The van der Waals surface area contributed by atoms with E-state index in [9.17, 15) is 0 Å². The summed E-state index contributed by atoms with van der Waals surface area (Å²) in [6.45, 7) is 4.51. The van der Waals surface area contributed by atoms with Gasteiger partial charge in [-0.3, -0.25) is 0 Å². The van der Waals surface area contributed by atoms with Gasteiger partial charge >= 0.3 is 0 Å². The van der Waals surface area contributed by atoms with E-state index in [0.29, 0.717) is 12.1 Å². The maximum atomic E-state index is 5.91. The minimum Gasteiger partial charge on any atom is -0.490 e. The zero-order valence-electron chi connectivity index (χ0n) is 12.8. The Balaban J connectivity index is 1.74. The van der Waals surface area contributed by atoms with Gasteiger partial charge in [-0.05, 0) is 36.1 Å². The minimum absolute atomic E-state index is 0.00138. The number of hydrogen-bond donors (Lipinski definition) is 1. The second kappa shape index (κ2) is 5.53. The van der Waals surface area contributed by atoms with Crippen molar-refractivity contribution >= 4 is 0 Å². The molecule has 0 bridgehead atoms. The van der Waals surface area contributed by atoms with E-state index in [-0.39, 0.29) is 5.41 Å². The lowest BCUT2D eigenvalue weighted by atomic mass is 9.78. The smallest absolute Gasteiger partial charge is 0.119 e. The Labute approximate surface area is 126 Å². The zero-order valence-corrected chi connectivity index (χ0v) is 12.8. The third-order valence-electron chi connectivity index (χ3n) is 4.51. The normalized spacial score (nSPS) is 21.7. The fraction of sp³-hybridized carbons (Fsp3) is 0.368. The lowest BCUT2D eigenvalue weighted by Crippen LogP contribution is -2.43. The van der Waals surface area contributed by atoms with Gasteiger partial charge in [0.1, 0.15) is 11.9 Å². The maximum absolute atomic E-state index is 5.91. The molecule has 0 aromatic heterocycles. The molecule has 0 heterocycles. The van der Waals surface area contributed by atoms with E-state index >= 15 is 0 Å². The number of nitrogens with two attached hydrogens (primary N) is 1. The Kier molecular flexibility index (Phi) is 3.73. The van der Waals surface area contributed by atoms with Crippen molar-refractivity contribution in [2.75, 3.05) is 0 Å². The first-order chi connectivity index (χ1) is 10.1. The molecule has 0 amide bonds. The standard InChI is InChI=1S/C19H23NO/c1-19(2,14-6-4-3-5-7-14)15-8-10-17(11-9-15)21-18-12-16(20)13-18/h3-11,16,18H,12-13,20H2,1-2H3. The molecule has 2 heteroatoms. The summed E-state index contributed by atoms with van der Waals surface area (Å²) in [7, 11) is 0. The van der Waals surface area contributed by atoms with Gasteiger partial charge in [0.05, 0.1) is 0 Å². The summed E-state index contributed by atoms with van der Waals surface area (Å²) in [5, 5.41) is 0. The Hall–Kier alpha value is -1.80. The quantitative estimate of drug-likeness (QED) is 0.923. The van der Waals surface area contributed by atoms with Crippen LogP contribution in [0.4, 0.5) is 0 Å². The van der Waals surface area contributed by atoms with Crippen LogP contribution in [0.3, 0.4) is 0 Å². The Morgan fingerprint density at radius 2 is 1.48 bits per heavy atom. The van der Waals surface area contributed by atoms with E-state index in [4.69, 9.17) is 10.5 Å². The molecule has 1 fully saturated rings. The third-order valence-corrected chi connectivity index (χ3v) is 4.51. The van der Waals surface area contributed by atoms with E-state index in [1.165, 1.54) is 11.1 Å². The number of ether oxygens (including phenoxy) is 1. The number of hydrogen-bond acceptors (Lipinski definition) is 2. The first-order valence-electron chi connectivity index (χ1n) is 7.64. The molecule has 3 rings (SSSR count). The monoisotopic (exact) mass is 281 g/mol. The first kappa shape index (κ1) is 14.2. The van der Waals surface area contributed by atoms with Crippen LogP contribution in [-0.2, 0) is 5.41 Å². The van der Waals surface area contributed by atoms with Crippen LogP contribution in [0.25, 0.3) is 0 Å². The van der Waals surface area contributed by atoms with Gasteiger partial charge in [0, 0.05) is 11.5 Å². The zero-order chi connectivity index (χ0) is 14.9. The summed E-state index contributed by atoms with van der Waals surface area (Å²) in [6, 6.07) is 19.4. The second-order valence-corrected chi connectivity index (χ2v) is 6.49. The SMILES string of the molecule is CC(C)(c1ccccc1)c1ccc(OC2CC(N)C2)cc1. The molecule has 2 nitrogen and oxygen atoms in total. The van der Waals surface area contributed by atoms with Crippen LogP contribution >= 0.6 is 0 Å². The Morgan fingerprint density at radius 1 is 0.905 bits per heavy atom. The van der Waals surface area contributed by atoms with Crippen LogP contribution in [0.15, 0.2) is 54.6 Å². The molecule has 1 saturated carbocycles. The average molecular weight is 281 g/mol. The molecule has 2 N–H and O–H groups in total. The highest BCUT2D eigenvalue weighted by molar-refractivity contribution is 5.39. The number of rotatable bonds is 4. The third kappa shape index (κ3) is 2.96. The molecule has 21 heavy (non-hydrogen) atoms. The highest BCUT2D eigenvalue weighted by Crippen LogP contribution is 2.33. The fourth-order valence-electron chi connectivity index (χ4n) is 2.87. The van der Waals surface area contributed by atoms with Crippen LogP contribution in [0.1, 0.15) is 37.8 Å². The molecule has 0 saturated heterocycles. The van der Waals surface area contributed by atoms with E-state index in [0.717, 1.165) is 18.6 Å². The molecule has 0 spiro atoms. The summed E-state index contributed by atoms with van der Waals surface area (Å²) >= 11 is 0. The molecule has 1 aliphatic rings. The number of benzene rings is 2. The molecule has 0 aliphatic heterocycles. The first-order valence-corrected chi connectivity index (χ1v) is 7.64. The predicted molar refractivity (Wildman–Crippen MR) is 86.6 cm³/mol. The van der Waals surface area contributed by atoms with Crippen molar-refractivity contribution < 1.29 is 4.74 Å². The molecule has 2 aromatic rings. The largest absolute Gasteiger partial charge is 0.490 e. The van der Waals surface area contributed by atoms with E-state index in [1.54, 1.807) is 0 Å². The average Bonchev–Trinajstić information content (AvgIpc) is 2.47. The van der Waals surface area contributed by atoms with Crippen molar-refractivity contribution in [1.82, 2.24) is 0 Å². The van der Waals surface area contributed by atoms with Crippen molar-refractivity contribution in [2.24, 2.45) is 5.73 Å².